The highest BCUT2D eigenvalue weighted by Gasteiger charge is 2.49. The standard InChI is InChI=1S/C30H33ClF2N6O2/c31-23-9-20(40)8-21(24(23)16-2-3-16)26-25(33)27-22(12-35-26)28(39-14-18-4-5-19(39)11-34-18)37-29(36-27)41-15-30-6-1-7-38(30)13-17(32)10-30/h8-9,12,16-19,34,40H,1-7,10-11,13-15H2/t17-,18?,19?,30+/m1/s1/i15D2. The van der Waals surface area contributed by atoms with Gasteiger partial charge in [-0.3, -0.25) is 9.88 Å². The molecule has 5 aliphatic heterocycles. The number of rotatable bonds is 6. The Labute approximate surface area is 244 Å². The quantitative estimate of drug-likeness (QED) is 0.420. The third-order valence-electron chi connectivity index (χ3n) is 9.55. The van der Waals surface area contributed by atoms with E-state index in [0.29, 0.717) is 41.3 Å². The summed E-state index contributed by atoms with van der Waals surface area (Å²) in [5.74, 6) is -0.216. The van der Waals surface area contributed by atoms with Gasteiger partial charge >= 0.3 is 6.01 Å². The lowest BCUT2D eigenvalue weighted by Crippen LogP contribution is -2.61. The molecule has 2 aromatic heterocycles. The van der Waals surface area contributed by atoms with Gasteiger partial charge in [0.2, 0.25) is 0 Å². The molecule has 6 aliphatic rings. The van der Waals surface area contributed by atoms with Gasteiger partial charge < -0.3 is 20.1 Å². The molecule has 8 nitrogen and oxygen atoms in total. The number of hydrogen-bond donors (Lipinski definition) is 2. The van der Waals surface area contributed by atoms with Gasteiger partial charge in [0.1, 0.15) is 35.5 Å². The van der Waals surface area contributed by atoms with Crippen molar-refractivity contribution in [3.8, 4) is 23.0 Å². The Morgan fingerprint density at radius 3 is 2.85 bits per heavy atom. The maximum Gasteiger partial charge on any atom is 0.319 e. The second kappa shape index (κ2) is 9.61. The van der Waals surface area contributed by atoms with Gasteiger partial charge in [-0.15, -0.1) is 0 Å². The minimum Gasteiger partial charge on any atom is -0.508 e. The molecule has 0 amide bonds. The van der Waals surface area contributed by atoms with Crippen molar-refractivity contribution in [1.29, 1.82) is 0 Å². The van der Waals surface area contributed by atoms with Crippen LogP contribution >= 0.6 is 11.6 Å². The molecule has 2 N–H and O–H groups in total. The first-order chi connectivity index (χ1) is 20.6. The van der Waals surface area contributed by atoms with E-state index in [1.54, 1.807) is 6.20 Å². The third-order valence-corrected chi connectivity index (χ3v) is 9.87. The zero-order valence-corrected chi connectivity index (χ0v) is 23.3. The number of hydrogen-bond acceptors (Lipinski definition) is 8. The van der Waals surface area contributed by atoms with Crippen molar-refractivity contribution in [2.75, 3.05) is 37.6 Å². The van der Waals surface area contributed by atoms with Crippen molar-refractivity contribution in [2.24, 2.45) is 0 Å². The molecule has 11 heteroatoms. The number of benzene rings is 1. The largest absolute Gasteiger partial charge is 0.508 e. The number of phenols is 1. The van der Waals surface area contributed by atoms with Crippen LogP contribution in [0.1, 0.15) is 59.2 Å². The fourth-order valence-corrected chi connectivity index (χ4v) is 7.80. The lowest BCUT2D eigenvalue weighted by atomic mass is 9.93. The average Bonchev–Trinajstić information content (AvgIpc) is 3.63. The van der Waals surface area contributed by atoms with E-state index in [2.05, 4.69) is 20.2 Å². The van der Waals surface area contributed by atoms with E-state index in [9.17, 15) is 9.50 Å². The zero-order chi connectivity index (χ0) is 29.7. The normalized spacial score (nSPS) is 30.5. The predicted molar refractivity (Wildman–Crippen MR) is 152 cm³/mol. The Morgan fingerprint density at radius 2 is 2.10 bits per heavy atom. The molecule has 9 rings (SSSR count). The Bertz CT molecular complexity index is 1620. The first kappa shape index (κ1) is 23.7. The number of phenolic OH excluding ortho intramolecular Hbond substituents is 1. The summed E-state index contributed by atoms with van der Waals surface area (Å²) < 4.78 is 55.3. The molecule has 0 radical (unpaired) electrons. The van der Waals surface area contributed by atoms with E-state index in [0.717, 1.165) is 44.2 Å². The van der Waals surface area contributed by atoms with Crippen molar-refractivity contribution in [2.45, 2.75) is 74.7 Å². The molecule has 6 fully saturated rings. The first-order valence-corrected chi connectivity index (χ1v) is 15.0. The van der Waals surface area contributed by atoms with E-state index in [-0.39, 0.29) is 53.9 Å². The molecule has 7 heterocycles. The Hall–Kier alpha value is -2.82. The van der Waals surface area contributed by atoms with Gasteiger partial charge in [0, 0.05) is 54.9 Å². The summed E-state index contributed by atoms with van der Waals surface area (Å²) >= 11 is 6.53. The Kier molecular flexibility index (Phi) is 5.56. The molecule has 41 heavy (non-hydrogen) atoms. The lowest BCUT2D eigenvalue weighted by molar-refractivity contribution is 0.107. The molecule has 4 atom stereocenters. The van der Waals surface area contributed by atoms with E-state index >= 15 is 4.39 Å². The number of piperidine rings is 2. The molecule has 2 bridgehead atoms. The van der Waals surface area contributed by atoms with Gasteiger partial charge in [-0.25, -0.2) is 8.78 Å². The molecule has 1 saturated carbocycles. The van der Waals surface area contributed by atoms with Crippen LogP contribution in [0, 0.1) is 5.82 Å². The summed E-state index contributed by atoms with van der Waals surface area (Å²) in [4.78, 5) is 17.7. The van der Waals surface area contributed by atoms with Crippen LogP contribution in [-0.4, -0.2) is 81.5 Å². The second-order valence-electron chi connectivity index (χ2n) is 12.3. The Morgan fingerprint density at radius 1 is 1.22 bits per heavy atom. The molecule has 0 spiro atoms. The first-order valence-electron chi connectivity index (χ1n) is 15.6. The van der Waals surface area contributed by atoms with Crippen LogP contribution in [0.15, 0.2) is 18.3 Å². The highest BCUT2D eigenvalue weighted by molar-refractivity contribution is 6.32. The van der Waals surface area contributed by atoms with Crippen molar-refractivity contribution in [3.05, 3.63) is 34.7 Å². The molecular formula is C30H33ClF2N6O2. The van der Waals surface area contributed by atoms with Crippen LogP contribution in [0.4, 0.5) is 14.6 Å². The number of nitrogens with zero attached hydrogens (tertiary/aromatic N) is 5. The minimum atomic E-state index is -2.32. The summed E-state index contributed by atoms with van der Waals surface area (Å²) in [6.07, 6.45) is 5.40. The van der Waals surface area contributed by atoms with Crippen LogP contribution in [0.5, 0.6) is 11.8 Å². The predicted octanol–water partition coefficient (Wildman–Crippen LogP) is 4.96. The fourth-order valence-electron chi connectivity index (χ4n) is 7.43. The number of anilines is 1. The molecule has 3 aromatic rings. The number of fused-ring (bicyclic) bond motifs is 5. The summed E-state index contributed by atoms with van der Waals surface area (Å²) in [5.41, 5.74) is -0.0322. The van der Waals surface area contributed by atoms with Crippen molar-refractivity contribution >= 4 is 28.3 Å². The van der Waals surface area contributed by atoms with E-state index in [1.807, 2.05) is 4.90 Å². The van der Waals surface area contributed by atoms with Gasteiger partial charge in [0.25, 0.3) is 0 Å². The Balaban J connectivity index is 1.28. The smallest absolute Gasteiger partial charge is 0.319 e. The van der Waals surface area contributed by atoms with Gasteiger partial charge in [0.15, 0.2) is 5.82 Å². The average molecular weight is 585 g/mol. The summed E-state index contributed by atoms with van der Waals surface area (Å²) in [6, 6.07) is 3.02. The highest BCUT2D eigenvalue weighted by Crippen LogP contribution is 2.49. The molecule has 1 aromatic carbocycles. The van der Waals surface area contributed by atoms with E-state index in [1.165, 1.54) is 12.1 Å². The van der Waals surface area contributed by atoms with Crippen molar-refractivity contribution < 1.29 is 21.4 Å². The fraction of sp³-hybridized carbons (Fsp3) is 0.567. The van der Waals surface area contributed by atoms with Gasteiger partial charge in [-0.1, -0.05) is 11.6 Å². The van der Waals surface area contributed by atoms with Gasteiger partial charge in [-0.05, 0) is 68.7 Å². The number of aromatic nitrogens is 3. The minimum absolute atomic E-state index is 0.00395. The van der Waals surface area contributed by atoms with Crippen molar-refractivity contribution in [1.82, 2.24) is 25.2 Å². The number of ether oxygens (including phenoxy) is 1. The van der Waals surface area contributed by atoms with E-state index in [4.69, 9.17) is 24.1 Å². The third kappa shape index (κ3) is 4.32. The molecule has 5 saturated heterocycles. The highest BCUT2D eigenvalue weighted by atomic mass is 35.5. The van der Waals surface area contributed by atoms with Gasteiger partial charge in [-0.2, -0.15) is 9.97 Å². The van der Waals surface area contributed by atoms with Gasteiger partial charge in [0.05, 0.1) is 13.7 Å². The monoisotopic (exact) mass is 584 g/mol. The molecule has 1 aliphatic carbocycles. The number of alkyl halides is 1. The maximum absolute atomic E-state index is 16.7. The van der Waals surface area contributed by atoms with Crippen LogP contribution in [0.25, 0.3) is 22.2 Å². The van der Waals surface area contributed by atoms with Crippen LogP contribution in [-0.2, 0) is 0 Å². The topological polar surface area (TPSA) is 86.6 Å². The maximum atomic E-state index is 16.7. The van der Waals surface area contributed by atoms with Crippen molar-refractivity contribution in [3.63, 3.8) is 0 Å². The van der Waals surface area contributed by atoms with Crippen LogP contribution < -0.4 is 15.0 Å². The molecule has 2 unspecified atom stereocenters. The number of halogens is 3. The number of nitrogens with one attached hydrogen (secondary N) is 1. The number of aromatic hydroxyl groups is 1. The second-order valence-corrected chi connectivity index (χ2v) is 12.7. The number of pyridine rings is 1. The molecule has 216 valence electrons. The molecular weight excluding hydrogens is 550 g/mol. The lowest BCUT2D eigenvalue weighted by Gasteiger charge is -2.46. The summed E-state index contributed by atoms with van der Waals surface area (Å²) in [5, 5.41) is 14.6. The van der Waals surface area contributed by atoms with Crippen LogP contribution in [0.3, 0.4) is 0 Å². The van der Waals surface area contributed by atoms with E-state index < -0.39 is 24.1 Å². The SMILES string of the molecule is [2H]C([2H])(Oc1nc(N2CC3CCC2CN3)c2cnc(-c3cc(O)cc(Cl)c3C3CC3)c(F)c2n1)[C@@]12CCCN1C[C@H](F)C2. The summed E-state index contributed by atoms with van der Waals surface area (Å²) in [6.45, 7) is -0.153. The zero-order valence-electron chi connectivity index (χ0n) is 24.5. The summed E-state index contributed by atoms with van der Waals surface area (Å²) in [7, 11) is 0. The van der Waals surface area contributed by atoms with Crippen LogP contribution in [0.2, 0.25) is 5.02 Å². The number of piperazine rings is 1.